The second kappa shape index (κ2) is 8.45. The zero-order chi connectivity index (χ0) is 22.2. The first kappa shape index (κ1) is 20.8. The van der Waals surface area contributed by atoms with E-state index >= 15 is 0 Å². The number of likely N-dealkylation sites (tertiary alicyclic amines) is 1. The molecule has 0 radical (unpaired) electrons. The summed E-state index contributed by atoms with van der Waals surface area (Å²) in [6, 6.07) is 15.5. The van der Waals surface area contributed by atoms with Crippen LogP contribution in [0, 0.1) is 19.8 Å². The average Bonchev–Trinajstić information content (AvgIpc) is 3.35. The first-order valence-corrected chi connectivity index (χ1v) is 11.8. The zero-order valence-electron chi connectivity index (χ0n) is 18.9. The topological polar surface area (TPSA) is 65.2 Å². The SMILES string of the molecule is Cc1[nH]c2ccc(CNC(=O)C3CC4CCCCC4N3C(=O)c3ccccc3)cc2c1C. The zero-order valence-corrected chi connectivity index (χ0v) is 18.9. The number of aromatic nitrogens is 1. The average molecular weight is 430 g/mol. The number of benzene rings is 2. The van der Waals surface area contributed by atoms with Crippen molar-refractivity contribution in [2.45, 2.75) is 64.6 Å². The van der Waals surface area contributed by atoms with Crippen molar-refractivity contribution in [1.29, 1.82) is 0 Å². The van der Waals surface area contributed by atoms with Gasteiger partial charge in [0.2, 0.25) is 5.91 Å². The quantitative estimate of drug-likeness (QED) is 0.621. The third kappa shape index (κ3) is 3.70. The van der Waals surface area contributed by atoms with Crippen LogP contribution in [-0.2, 0) is 11.3 Å². The summed E-state index contributed by atoms with van der Waals surface area (Å²) >= 11 is 0. The van der Waals surface area contributed by atoms with Crippen LogP contribution in [0.5, 0.6) is 0 Å². The number of nitrogens with zero attached hydrogens (tertiary/aromatic N) is 1. The molecule has 5 heteroatoms. The van der Waals surface area contributed by atoms with Gasteiger partial charge in [0, 0.05) is 34.7 Å². The van der Waals surface area contributed by atoms with Crippen LogP contribution in [0.4, 0.5) is 0 Å². The van der Waals surface area contributed by atoms with E-state index in [2.05, 4.69) is 42.3 Å². The number of aromatic amines is 1. The molecule has 2 amide bonds. The molecule has 2 N–H and O–H groups in total. The molecule has 32 heavy (non-hydrogen) atoms. The Balaban J connectivity index is 1.35. The summed E-state index contributed by atoms with van der Waals surface area (Å²) in [6.45, 7) is 4.66. The standard InChI is InChI=1S/C27H31N3O2/c1-17-18(2)29-23-13-12-19(14-22(17)23)16-28-26(31)25-15-21-10-6-7-11-24(21)30(25)27(32)20-8-4-3-5-9-20/h3-5,8-9,12-14,21,24-25,29H,6-7,10-11,15-16H2,1-2H3,(H,28,31). The van der Waals surface area contributed by atoms with Gasteiger partial charge in [-0.2, -0.15) is 0 Å². The maximum atomic E-state index is 13.4. The maximum absolute atomic E-state index is 13.4. The molecule has 0 spiro atoms. The Labute approximate surface area is 189 Å². The number of fused-ring (bicyclic) bond motifs is 2. The van der Waals surface area contributed by atoms with Crippen LogP contribution >= 0.6 is 0 Å². The van der Waals surface area contributed by atoms with Crippen LogP contribution in [0.15, 0.2) is 48.5 Å². The van der Waals surface area contributed by atoms with Gasteiger partial charge >= 0.3 is 0 Å². The molecule has 2 heterocycles. The molecule has 1 aliphatic carbocycles. The molecule has 2 fully saturated rings. The number of H-pyrrole nitrogens is 1. The van der Waals surface area contributed by atoms with Crippen molar-refractivity contribution in [1.82, 2.24) is 15.2 Å². The van der Waals surface area contributed by atoms with E-state index < -0.39 is 6.04 Å². The fourth-order valence-electron chi connectivity index (χ4n) is 5.64. The van der Waals surface area contributed by atoms with E-state index in [0.29, 0.717) is 18.0 Å². The summed E-state index contributed by atoms with van der Waals surface area (Å²) < 4.78 is 0. The molecule has 166 valence electrons. The van der Waals surface area contributed by atoms with Gasteiger partial charge in [-0.05, 0) is 74.4 Å². The highest BCUT2D eigenvalue weighted by molar-refractivity contribution is 5.98. The Morgan fingerprint density at radius 3 is 2.66 bits per heavy atom. The van der Waals surface area contributed by atoms with Crippen LogP contribution < -0.4 is 5.32 Å². The second-order valence-electron chi connectivity index (χ2n) is 9.41. The second-order valence-corrected chi connectivity index (χ2v) is 9.41. The third-order valence-electron chi connectivity index (χ3n) is 7.49. The highest BCUT2D eigenvalue weighted by Crippen LogP contribution is 2.40. The fourth-order valence-corrected chi connectivity index (χ4v) is 5.64. The minimum atomic E-state index is -0.393. The predicted molar refractivity (Wildman–Crippen MR) is 126 cm³/mol. The smallest absolute Gasteiger partial charge is 0.254 e. The summed E-state index contributed by atoms with van der Waals surface area (Å²) in [5.74, 6) is 0.375. The highest BCUT2D eigenvalue weighted by Gasteiger charge is 2.47. The number of hydrogen-bond acceptors (Lipinski definition) is 2. The molecule has 1 saturated heterocycles. The number of aryl methyl sites for hydroxylation is 2. The van der Waals surface area contributed by atoms with Gasteiger partial charge in [0.15, 0.2) is 0 Å². The van der Waals surface area contributed by atoms with Crippen LogP contribution in [0.2, 0.25) is 0 Å². The molecule has 0 bridgehead atoms. The lowest BCUT2D eigenvalue weighted by molar-refractivity contribution is -0.125. The lowest BCUT2D eigenvalue weighted by Crippen LogP contribution is -2.49. The lowest BCUT2D eigenvalue weighted by Gasteiger charge is -2.33. The number of amides is 2. The predicted octanol–water partition coefficient (Wildman–Crippen LogP) is 4.87. The molecular formula is C27H31N3O2. The van der Waals surface area contributed by atoms with Crippen LogP contribution in [0.25, 0.3) is 10.9 Å². The molecule has 5 nitrogen and oxygen atoms in total. The van der Waals surface area contributed by atoms with Crippen molar-refractivity contribution in [2.24, 2.45) is 5.92 Å². The Morgan fingerprint density at radius 2 is 1.84 bits per heavy atom. The summed E-state index contributed by atoms with van der Waals surface area (Å²) in [5.41, 5.74) is 5.27. The molecule has 3 aromatic rings. The summed E-state index contributed by atoms with van der Waals surface area (Å²) in [5, 5.41) is 4.33. The van der Waals surface area contributed by atoms with Crippen LogP contribution in [0.1, 0.15) is 59.3 Å². The number of nitrogens with one attached hydrogen (secondary N) is 2. The van der Waals surface area contributed by atoms with E-state index in [4.69, 9.17) is 0 Å². The van der Waals surface area contributed by atoms with Gasteiger partial charge in [0.05, 0.1) is 0 Å². The highest BCUT2D eigenvalue weighted by atomic mass is 16.2. The third-order valence-corrected chi connectivity index (χ3v) is 7.49. The van der Waals surface area contributed by atoms with Crippen molar-refractivity contribution in [2.75, 3.05) is 0 Å². The van der Waals surface area contributed by atoms with Crippen molar-refractivity contribution in [3.05, 3.63) is 70.9 Å². The Hall–Kier alpha value is -3.08. The van der Waals surface area contributed by atoms with Crippen molar-refractivity contribution in [3.8, 4) is 0 Å². The maximum Gasteiger partial charge on any atom is 0.254 e. The van der Waals surface area contributed by atoms with Crippen molar-refractivity contribution < 1.29 is 9.59 Å². The fraction of sp³-hybridized carbons (Fsp3) is 0.407. The van der Waals surface area contributed by atoms with Gasteiger partial charge in [0.25, 0.3) is 5.91 Å². The van der Waals surface area contributed by atoms with E-state index in [-0.39, 0.29) is 17.9 Å². The van der Waals surface area contributed by atoms with Crippen LogP contribution in [0.3, 0.4) is 0 Å². The summed E-state index contributed by atoms with van der Waals surface area (Å²) in [4.78, 5) is 32.0. The van der Waals surface area contributed by atoms with Gasteiger partial charge in [-0.3, -0.25) is 9.59 Å². The van der Waals surface area contributed by atoms with Crippen LogP contribution in [-0.4, -0.2) is 33.8 Å². The van der Waals surface area contributed by atoms with E-state index in [0.717, 1.165) is 36.8 Å². The van der Waals surface area contributed by atoms with E-state index in [1.54, 1.807) is 0 Å². The van der Waals surface area contributed by atoms with Gasteiger partial charge in [-0.25, -0.2) is 0 Å². The Kier molecular flexibility index (Phi) is 5.50. The van der Waals surface area contributed by atoms with Crippen molar-refractivity contribution >= 4 is 22.7 Å². The normalized spacial score (nSPS) is 22.7. The monoisotopic (exact) mass is 429 g/mol. The molecule has 2 aliphatic rings. The number of hydrogen-bond donors (Lipinski definition) is 2. The van der Waals surface area contributed by atoms with E-state index in [9.17, 15) is 9.59 Å². The van der Waals surface area contributed by atoms with Gasteiger partial charge in [-0.15, -0.1) is 0 Å². The number of rotatable bonds is 4. The summed E-state index contributed by atoms with van der Waals surface area (Å²) in [7, 11) is 0. The molecule has 3 atom stereocenters. The Morgan fingerprint density at radius 1 is 1.06 bits per heavy atom. The van der Waals surface area contributed by atoms with Crippen molar-refractivity contribution in [3.63, 3.8) is 0 Å². The molecule has 1 aromatic heterocycles. The van der Waals surface area contributed by atoms with E-state index in [1.165, 1.54) is 23.1 Å². The number of carbonyl (C=O) groups is 2. The van der Waals surface area contributed by atoms with Gasteiger partial charge < -0.3 is 15.2 Å². The first-order valence-electron chi connectivity index (χ1n) is 11.8. The molecule has 5 rings (SSSR count). The summed E-state index contributed by atoms with van der Waals surface area (Å²) in [6.07, 6.45) is 5.19. The number of carbonyl (C=O) groups excluding carboxylic acids is 2. The lowest BCUT2D eigenvalue weighted by atomic mass is 9.84. The molecule has 2 aromatic carbocycles. The Bertz CT molecular complexity index is 1150. The van der Waals surface area contributed by atoms with E-state index in [1.807, 2.05) is 35.2 Å². The first-order chi connectivity index (χ1) is 15.5. The molecule has 1 aliphatic heterocycles. The van der Waals surface area contributed by atoms with Gasteiger partial charge in [-0.1, -0.05) is 37.1 Å². The molecular weight excluding hydrogens is 398 g/mol. The largest absolute Gasteiger partial charge is 0.358 e. The molecule has 1 saturated carbocycles. The minimum Gasteiger partial charge on any atom is -0.358 e. The molecule has 3 unspecified atom stereocenters. The minimum absolute atomic E-state index is 0.0139. The van der Waals surface area contributed by atoms with Gasteiger partial charge in [0.1, 0.15) is 6.04 Å².